The van der Waals surface area contributed by atoms with Gasteiger partial charge in [0.25, 0.3) is 0 Å². The maximum Gasteiger partial charge on any atom is 0.316 e. The molecule has 0 fully saturated rings. The third kappa shape index (κ3) is 3.72. The Kier molecular flexibility index (Phi) is 5.14. The van der Waals surface area contributed by atoms with Gasteiger partial charge in [0.1, 0.15) is 0 Å². The van der Waals surface area contributed by atoms with Crippen molar-refractivity contribution in [3.8, 4) is 0 Å². The SMILES string of the molecule is Cn1c(=O)c(=O)n(C)c2cc(S(=O)(=O)CCC(=O)Nc3cccnc3)ccc21. The van der Waals surface area contributed by atoms with E-state index in [1.54, 1.807) is 18.3 Å². The van der Waals surface area contributed by atoms with Crippen molar-refractivity contribution in [2.24, 2.45) is 14.1 Å². The topological polar surface area (TPSA) is 120 Å². The lowest BCUT2D eigenvalue weighted by Gasteiger charge is -2.11. The molecule has 0 bridgehead atoms. The highest BCUT2D eigenvalue weighted by molar-refractivity contribution is 7.91. The molecule has 1 aromatic carbocycles. The second-order valence-electron chi connectivity index (χ2n) is 6.24. The Morgan fingerprint density at radius 1 is 1.07 bits per heavy atom. The molecule has 146 valence electrons. The summed E-state index contributed by atoms with van der Waals surface area (Å²) in [6, 6.07) is 7.47. The van der Waals surface area contributed by atoms with Crippen molar-refractivity contribution in [1.82, 2.24) is 14.1 Å². The lowest BCUT2D eigenvalue weighted by Crippen LogP contribution is -2.39. The Morgan fingerprint density at radius 3 is 2.39 bits per heavy atom. The average molecular weight is 402 g/mol. The number of aryl methyl sites for hydroxylation is 2. The number of hydrogen-bond acceptors (Lipinski definition) is 6. The zero-order chi connectivity index (χ0) is 20.5. The van der Waals surface area contributed by atoms with Gasteiger partial charge >= 0.3 is 11.1 Å². The highest BCUT2D eigenvalue weighted by Crippen LogP contribution is 2.18. The van der Waals surface area contributed by atoms with E-state index in [1.165, 1.54) is 43.1 Å². The molecule has 0 saturated carbocycles. The molecule has 0 saturated heterocycles. The van der Waals surface area contributed by atoms with Crippen molar-refractivity contribution >= 4 is 32.5 Å². The molecule has 9 nitrogen and oxygen atoms in total. The maximum absolute atomic E-state index is 12.6. The summed E-state index contributed by atoms with van der Waals surface area (Å²) < 4.78 is 27.6. The van der Waals surface area contributed by atoms with E-state index in [9.17, 15) is 22.8 Å². The molecule has 28 heavy (non-hydrogen) atoms. The normalized spacial score (nSPS) is 11.5. The van der Waals surface area contributed by atoms with Crippen LogP contribution in [0.15, 0.2) is 57.2 Å². The Labute approximate surface area is 160 Å². The van der Waals surface area contributed by atoms with Gasteiger partial charge in [-0.1, -0.05) is 0 Å². The molecule has 0 aliphatic heterocycles. The number of pyridine rings is 1. The summed E-state index contributed by atoms with van der Waals surface area (Å²) >= 11 is 0. The first kappa shape index (κ1) is 19.5. The molecule has 1 amide bonds. The molecular formula is C18H18N4O5S. The van der Waals surface area contributed by atoms with Crippen LogP contribution in [0, 0.1) is 0 Å². The van der Waals surface area contributed by atoms with E-state index in [-0.39, 0.29) is 11.3 Å². The summed E-state index contributed by atoms with van der Waals surface area (Å²) in [7, 11) is -0.917. The number of anilines is 1. The van der Waals surface area contributed by atoms with Gasteiger partial charge in [0, 0.05) is 26.7 Å². The summed E-state index contributed by atoms with van der Waals surface area (Å²) in [6.45, 7) is 0. The van der Waals surface area contributed by atoms with E-state index in [4.69, 9.17) is 0 Å². The van der Waals surface area contributed by atoms with Crippen LogP contribution in [0.5, 0.6) is 0 Å². The predicted molar refractivity (Wildman–Crippen MR) is 104 cm³/mol. The van der Waals surface area contributed by atoms with Crippen LogP contribution in [-0.2, 0) is 28.7 Å². The molecular weight excluding hydrogens is 384 g/mol. The predicted octanol–water partition coefficient (Wildman–Crippen LogP) is 0.435. The largest absolute Gasteiger partial charge is 0.325 e. The fourth-order valence-corrected chi connectivity index (χ4v) is 4.02. The molecule has 0 aliphatic rings. The number of carbonyl (C=O) groups excluding carboxylic acids is 1. The summed E-state index contributed by atoms with van der Waals surface area (Å²) in [5.74, 6) is -0.850. The molecule has 0 radical (unpaired) electrons. The van der Waals surface area contributed by atoms with Gasteiger partial charge in [0.15, 0.2) is 9.84 Å². The summed E-state index contributed by atoms with van der Waals surface area (Å²) in [4.78, 5) is 39.7. The van der Waals surface area contributed by atoms with Crippen LogP contribution >= 0.6 is 0 Å². The summed E-state index contributed by atoms with van der Waals surface area (Å²) in [5, 5.41) is 2.58. The van der Waals surface area contributed by atoms with Gasteiger partial charge in [0.2, 0.25) is 5.91 Å². The van der Waals surface area contributed by atoms with Crippen LogP contribution in [0.2, 0.25) is 0 Å². The van der Waals surface area contributed by atoms with Crippen molar-refractivity contribution in [3.63, 3.8) is 0 Å². The number of carbonyl (C=O) groups is 1. The summed E-state index contributed by atoms with van der Waals surface area (Å²) in [6.07, 6.45) is 2.78. The van der Waals surface area contributed by atoms with E-state index < -0.39 is 32.6 Å². The van der Waals surface area contributed by atoms with Gasteiger partial charge in [0.05, 0.1) is 33.6 Å². The zero-order valence-electron chi connectivity index (χ0n) is 15.2. The molecule has 2 heterocycles. The number of fused-ring (bicyclic) bond motifs is 1. The molecule has 1 N–H and O–H groups in total. The van der Waals surface area contributed by atoms with Gasteiger partial charge in [-0.25, -0.2) is 8.42 Å². The smallest absolute Gasteiger partial charge is 0.316 e. The first-order chi connectivity index (χ1) is 13.2. The third-order valence-electron chi connectivity index (χ3n) is 4.36. The Hall–Kier alpha value is -3.27. The Balaban J connectivity index is 1.85. The van der Waals surface area contributed by atoms with Crippen molar-refractivity contribution in [1.29, 1.82) is 0 Å². The zero-order valence-corrected chi connectivity index (χ0v) is 16.1. The fourth-order valence-electron chi connectivity index (χ4n) is 2.76. The van der Waals surface area contributed by atoms with Crippen LogP contribution in [0.25, 0.3) is 11.0 Å². The standard InChI is InChI=1S/C18H18N4O5S/c1-21-14-6-5-13(10-15(14)22(2)18(25)17(21)24)28(26,27)9-7-16(23)20-12-4-3-8-19-11-12/h3-6,8,10-11H,7,9H2,1-2H3,(H,20,23). The van der Waals surface area contributed by atoms with Crippen LogP contribution in [0.4, 0.5) is 5.69 Å². The highest BCUT2D eigenvalue weighted by Gasteiger charge is 2.19. The van der Waals surface area contributed by atoms with Crippen molar-refractivity contribution in [3.05, 3.63) is 63.4 Å². The minimum Gasteiger partial charge on any atom is -0.325 e. The van der Waals surface area contributed by atoms with Crippen molar-refractivity contribution in [2.75, 3.05) is 11.1 Å². The number of benzene rings is 1. The molecule has 0 unspecified atom stereocenters. The first-order valence-corrected chi connectivity index (χ1v) is 9.98. The molecule has 3 rings (SSSR count). The Bertz CT molecular complexity index is 1280. The Morgan fingerprint density at radius 2 is 1.75 bits per heavy atom. The van der Waals surface area contributed by atoms with E-state index in [0.29, 0.717) is 16.7 Å². The highest BCUT2D eigenvalue weighted by atomic mass is 32.2. The number of hydrogen-bond donors (Lipinski definition) is 1. The number of aromatic nitrogens is 3. The first-order valence-electron chi connectivity index (χ1n) is 8.33. The lowest BCUT2D eigenvalue weighted by molar-refractivity contribution is -0.115. The number of sulfone groups is 1. The van der Waals surface area contributed by atoms with Crippen LogP contribution in [-0.4, -0.2) is 34.2 Å². The van der Waals surface area contributed by atoms with Gasteiger partial charge in [-0.15, -0.1) is 0 Å². The molecule has 0 aliphatic carbocycles. The third-order valence-corrected chi connectivity index (χ3v) is 6.08. The second-order valence-corrected chi connectivity index (χ2v) is 8.35. The quantitative estimate of drug-likeness (QED) is 0.618. The average Bonchev–Trinajstić information content (AvgIpc) is 2.69. The number of nitrogens with one attached hydrogen (secondary N) is 1. The van der Waals surface area contributed by atoms with Gasteiger partial charge in [-0.05, 0) is 30.3 Å². The van der Waals surface area contributed by atoms with Gasteiger partial charge in [-0.3, -0.25) is 19.4 Å². The number of amides is 1. The van der Waals surface area contributed by atoms with E-state index >= 15 is 0 Å². The number of nitrogens with zero attached hydrogens (tertiary/aromatic N) is 3. The van der Waals surface area contributed by atoms with Crippen molar-refractivity contribution in [2.45, 2.75) is 11.3 Å². The van der Waals surface area contributed by atoms with Crippen LogP contribution in [0.1, 0.15) is 6.42 Å². The second kappa shape index (κ2) is 7.39. The maximum atomic E-state index is 12.6. The monoisotopic (exact) mass is 402 g/mol. The molecule has 10 heteroatoms. The fraction of sp³-hybridized carbons (Fsp3) is 0.222. The molecule has 2 aromatic heterocycles. The van der Waals surface area contributed by atoms with Crippen molar-refractivity contribution < 1.29 is 13.2 Å². The molecule has 0 spiro atoms. The summed E-state index contributed by atoms with van der Waals surface area (Å²) in [5.41, 5.74) is -0.224. The van der Waals surface area contributed by atoms with Crippen LogP contribution < -0.4 is 16.4 Å². The minimum absolute atomic E-state index is 0.0252. The van der Waals surface area contributed by atoms with E-state index in [0.717, 1.165) is 4.57 Å². The molecule has 3 aromatic rings. The van der Waals surface area contributed by atoms with E-state index in [2.05, 4.69) is 10.3 Å². The molecule has 0 atom stereocenters. The van der Waals surface area contributed by atoms with Gasteiger partial charge in [-0.2, -0.15) is 0 Å². The number of rotatable bonds is 5. The lowest BCUT2D eigenvalue weighted by atomic mass is 10.3. The van der Waals surface area contributed by atoms with Crippen LogP contribution in [0.3, 0.4) is 0 Å². The van der Waals surface area contributed by atoms with Gasteiger partial charge < -0.3 is 14.5 Å². The minimum atomic E-state index is -3.77. The van der Waals surface area contributed by atoms with E-state index in [1.807, 2.05) is 0 Å².